The molecule has 21 heteroatoms. The molecule has 0 spiro atoms. The monoisotopic (exact) mass is 938 g/mol. The third kappa shape index (κ3) is 30.7. The Morgan fingerprint density at radius 2 is 1.02 bits per heavy atom. The zero-order chi connectivity index (χ0) is 47.2. The van der Waals surface area contributed by atoms with Gasteiger partial charge in [0.2, 0.25) is 17.8 Å². The van der Waals surface area contributed by atoms with Crippen molar-refractivity contribution in [3.63, 3.8) is 0 Å². The summed E-state index contributed by atoms with van der Waals surface area (Å²) in [5, 5.41) is 25.3. The van der Waals surface area contributed by atoms with E-state index in [4.69, 9.17) is 33.9 Å². The number of ether oxygens (including phenoxy) is 5. The van der Waals surface area contributed by atoms with Gasteiger partial charge in [-0.2, -0.15) is 0 Å². The number of unbranched alkanes of at least 4 members (excludes halogenated alkanes) is 13. The average Bonchev–Trinajstić information content (AvgIpc) is 3.28. The van der Waals surface area contributed by atoms with Crippen molar-refractivity contribution < 1.29 is 66.3 Å². The fourth-order valence-corrected chi connectivity index (χ4v) is 7.01. The molecule has 0 atom stereocenters. The first-order valence-corrected chi connectivity index (χ1v) is 24.1. The van der Waals surface area contributed by atoms with Gasteiger partial charge in [0.15, 0.2) is 0 Å². The van der Waals surface area contributed by atoms with Gasteiger partial charge in [-0.05, 0) is 49.9 Å². The summed E-state index contributed by atoms with van der Waals surface area (Å²) in [6, 6.07) is 6.10. The first-order valence-electron chi connectivity index (χ1n) is 22.6. The number of carboxylic acid groups (broad SMARTS) is 2. The van der Waals surface area contributed by atoms with E-state index in [-0.39, 0.29) is 94.0 Å². The van der Waals surface area contributed by atoms with E-state index in [1.165, 1.54) is 63.1 Å². The van der Waals surface area contributed by atoms with Gasteiger partial charge in [-0.15, -0.1) is 0 Å². The molecule has 2 aromatic rings. The molecule has 1 heterocycles. The molecule has 20 nitrogen and oxygen atoms in total. The minimum Gasteiger partial charge on any atom is -0.494 e. The summed E-state index contributed by atoms with van der Waals surface area (Å²) in [7, 11) is -3.98. The van der Waals surface area contributed by atoms with Gasteiger partial charge < -0.3 is 49.8 Å². The Balaban J connectivity index is 1.45. The van der Waals surface area contributed by atoms with Crippen molar-refractivity contribution in [2.24, 2.45) is 0 Å². The Labute approximate surface area is 382 Å². The molecule has 3 amide bonds. The van der Waals surface area contributed by atoms with Gasteiger partial charge in [-0.3, -0.25) is 19.2 Å². The van der Waals surface area contributed by atoms with Crippen molar-refractivity contribution in [3.05, 3.63) is 42.2 Å². The van der Waals surface area contributed by atoms with Gasteiger partial charge in [0.05, 0.1) is 56.7 Å². The van der Waals surface area contributed by atoms with Crippen LogP contribution in [0.15, 0.2) is 41.6 Å². The lowest BCUT2D eigenvalue weighted by Crippen LogP contribution is -2.31. The molecule has 0 radical (unpaired) electrons. The van der Waals surface area contributed by atoms with E-state index in [1.807, 2.05) is 0 Å². The van der Waals surface area contributed by atoms with Crippen molar-refractivity contribution in [2.45, 2.75) is 114 Å². The number of anilines is 1. The predicted octanol–water partition coefficient (Wildman–Crippen LogP) is 4.49. The fourth-order valence-electron chi connectivity index (χ4n) is 6.05. The van der Waals surface area contributed by atoms with E-state index in [2.05, 4.69) is 30.6 Å². The second-order valence-corrected chi connectivity index (χ2v) is 16.8. The largest absolute Gasteiger partial charge is 0.494 e. The van der Waals surface area contributed by atoms with E-state index < -0.39 is 27.9 Å². The number of aliphatic carboxylic acids is 2. The van der Waals surface area contributed by atoms with E-state index >= 15 is 0 Å². The lowest BCUT2D eigenvalue weighted by molar-refractivity contribution is -0.143. The molecule has 0 saturated heterocycles. The van der Waals surface area contributed by atoms with Crippen LogP contribution in [0.1, 0.15) is 120 Å². The minimum atomic E-state index is -3.98. The molecule has 6 N–H and O–H groups in total. The number of hydrogen-bond donors (Lipinski definition) is 6. The molecule has 0 bridgehead atoms. The Morgan fingerprint density at radius 3 is 1.60 bits per heavy atom. The maximum atomic E-state index is 12.9. The second kappa shape index (κ2) is 36.3. The predicted molar refractivity (Wildman–Crippen MR) is 240 cm³/mol. The summed E-state index contributed by atoms with van der Waals surface area (Å²) in [6.45, 7) is 2.36. The smallest absolute Gasteiger partial charge is 0.329 e. The first-order chi connectivity index (χ1) is 31.5. The maximum Gasteiger partial charge on any atom is 0.329 e. The van der Waals surface area contributed by atoms with Gasteiger partial charge in [0.25, 0.3) is 15.9 Å². The van der Waals surface area contributed by atoms with Crippen LogP contribution in [0.4, 0.5) is 5.95 Å². The number of benzene rings is 1. The Morgan fingerprint density at radius 1 is 0.508 bits per heavy atom. The van der Waals surface area contributed by atoms with Gasteiger partial charge in [0.1, 0.15) is 19.0 Å². The van der Waals surface area contributed by atoms with Crippen molar-refractivity contribution in [2.75, 3.05) is 83.8 Å². The van der Waals surface area contributed by atoms with Crippen LogP contribution in [0.5, 0.6) is 5.75 Å². The highest BCUT2D eigenvalue weighted by molar-refractivity contribution is 7.92. The summed E-state index contributed by atoms with van der Waals surface area (Å²) in [5.74, 6) is -2.20. The molecule has 0 aliphatic heterocycles. The number of rotatable bonds is 42. The van der Waals surface area contributed by atoms with Crippen molar-refractivity contribution in [1.82, 2.24) is 25.9 Å². The Kier molecular flexibility index (Phi) is 31.4. The van der Waals surface area contributed by atoms with Gasteiger partial charge in [-0.25, -0.2) is 27.9 Å². The van der Waals surface area contributed by atoms with Gasteiger partial charge in [-0.1, -0.05) is 70.6 Å². The van der Waals surface area contributed by atoms with Crippen LogP contribution in [0, 0.1) is 0 Å². The SMILES string of the molecule is O=C(O)CCCCCCCCCCCCCCOc1ccc(S(=O)(=O)Nc2ncc(C(=O)NCCCCCC(=O)NCCOCCOCC(=O)NCCOCCOCC(=O)O)cn2)cc1. The number of amides is 3. The highest BCUT2D eigenvalue weighted by Gasteiger charge is 2.17. The molecule has 0 aliphatic rings. The third-order valence-electron chi connectivity index (χ3n) is 9.53. The zero-order valence-electron chi connectivity index (χ0n) is 37.6. The molecule has 2 rings (SSSR count). The number of nitrogens with one attached hydrogen (secondary N) is 4. The van der Waals surface area contributed by atoms with Crippen molar-refractivity contribution >= 4 is 45.6 Å². The van der Waals surface area contributed by atoms with Crippen LogP contribution in [0.25, 0.3) is 0 Å². The standard InChI is InChI=1S/C44H70N6O14S/c51-39(45-23-26-60-28-30-62-34-40(52)46-24-27-61-29-31-63-35-42(55)56)16-12-11-14-22-47-43(57)36-32-48-44(49-33-36)50-65(58,59)38-20-18-37(19-21-38)64-25-15-10-8-6-4-2-1-3-5-7-9-13-17-41(53)54/h18-21,32-33H,1-17,22-31,34-35H2,(H,45,51)(H,46,52)(H,47,57)(H,53,54)(H,55,56)(H,48,49,50). The topological polar surface area (TPSA) is 280 Å². The molecule has 0 fully saturated rings. The summed E-state index contributed by atoms with van der Waals surface area (Å²) in [6.07, 6.45) is 18.3. The normalized spacial score (nSPS) is 11.2. The number of nitrogens with zero attached hydrogens (tertiary/aromatic N) is 2. The van der Waals surface area contributed by atoms with Gasteiger partial charge >= 0.3 is 11.9 Å². The van der Waals surface area contributed by atoms with E-state index in [0.717, 1.165) is 38.5 Å². The van der Waals surface area contributed by atoms with E-state index in [0.29, 0.717) is 51.1 Å². The van der Waals surface area contributed by atoms with Crippen LogP contribution in [-0.2, 0) is 48.1 Å². The van der Waals surface area contributed by atoms with E-state index in [9.17, 15) is 32.4 Å². The molecule has 0 aliphatic carbocycles. The number of aromatic nitrogens is 2. The summed E-state index contributed by atoms with van der Waals surface area (Å²) in [5.41, 5.74) is 0.167. The fraction of sp³-hybridized carbons (Fsp3) is 0.659. The van der Waals surface area contributed by atoms with E-state index in [1.54, 1.807) is 12.1 Å². The molecule has 0 unspecified atom stereocenters. The summed E-state index contributed by atoms with van der Waals surface area (Å²) >= 11 is 0. The highest BCUT2D eigenvalue weighted by Crippen LogP contribution is 2.19. The number of carboxylic acids is 2. The van der Waals surface area contributed by atoms with Crippen LogP contribution in [0.2, 0.25) is 0 Å². The number of carbonyl (C=O) groups is 5. The molecule has 65 heavy (non-hydrogen) atoms. The molecular formula is C44H70N6O14S. The molecular weight excluding hydrogens is 869 g/mol. The average molecular weight is 939 g/mol. The van der Waals surface area contributed by atoms with Crippen LogP contribution in [-0.4, -0.2) is 137 Å². The summed E-state index contributed by atoms with van der Waals surface area (Å²) < 4.78 is 54.6. The molecule has 366 valence electrons. The third-order valence-corrected chi connectivity index (χ3v) is 10.9. The number of hydrogen-bond acceptors (Lipinski definition) is 14. The Bertz CT molecular complexity index is 1740. The highest BCUT2D eigenvalue weighted by atomic mass is 32.2. The van der Waals surface area contributed by atoms with Crippen LogP contribution < -0.4 is 25.4 Å². The second-order valence-electron chi connectivity index (χ2n) is 15.1. The van der Waals surface area contributed by atoms with Gasteiger partial charge in [0, 0.05) is 44.9 Å². The number of carbonyl (C=O) groups excluding carboxylic acids is 3. The Hall–Kier alpha value is -4.96. The molecule has 1 aromatic carbocycles. The minimum absolute atomic E-state index is 0.0146. The zero-order valence-corrected chi connectivity index (χ0v) is 38.4. The molecule has 0 saturated carbocycles. The number of sulfonamides is 1. The molecule has 1 aromatic heterocycles. The first kappa shape index (κ1) is 56.2. The lowest BCUT2D eigenvalue weighted by Gasteiger charge is -2.09. The van der Waals surface area contributed by atoms with Crippen LogP contribution in [0.3, 0.4) is 0 Å². The maximum absolute atomic E-state index is 12.9. The summed E-state index contributed by atoms with van der Waals surface area (Å²) in [4.78, 5) is 65.2. The van der Waals surface area contributed by atoms with Crippen LogP contribution >= 0.6 is 0 Å². The van der Waals surface area contributed by atoms with Crippen molar-refractivity contribution in [1.29, 1.82) is 0 Å². The quantitative estimate of drug-likeness (QED) is 0.0501. The lowest BCUT2D eigenvalue weighted by atomic mass is 10.0. The van der Waals surface area contributed by atoms with Crippen molar-refractivity contribution in [3.8, 4) is 5.75 Å².